The van der Waals surface area contributed by atoms with E-state index in [1.54, 1.807) is 0 Å². The first-order valence-electron chi connectivity index (χ1n) is 8.88. The summed E-state index contributed by atoms with van der Waals surface area (Å²) in [4.78, 5) is 11.7. The fraction of sp³-hybridized carbons (Fsp3) is 0.588. The molecule has 38 heavy (non-hydrogen) atoms. The number of rotatable bonds is 8. The van der Waals surface area contributed by atoms with Crippen LogP contribution in [-0.4, -0.2) is 54.3 Å². The number of esters is 1. The summed E-state index contributed by atoms with van der Waals surface area (Å²) in [6, 6.07) is 2.18. The summed E-state index contributed by atoms with van der Waals surface area (Å²) < 4.78 is 230. The molecule has 0 heterocycles. The molecule has 220 valence electrons. The quantitative estimate of drug-likeness (QED) is 0.182. The highest BCUT2D eigenvalue weighted by Crippen LogP contribution is 2.56. The van der Waals surface area contributed by atoms with Crippen LogP contribution in [0, 0.1) is 13.8 Å². The number of ether oxygens (including phenoxy) is 3. The maximum absolute atomic E-state index is 14.4. The Morgan fingerprint density at radius 1 is 0.605 bits per heavy atom. The van der Waals surface area contributed by atoms with Gasteiger partial charge in [-0.25, -0.2) is 4.79 Å². The maximum Gasteiger partial charge on any atom is 0.462 e. The van der Waals surface area contributed by atoms with Gasteiger partial charge >= 0.3 is 54.3 Å². The van der Waals surface area contributed by atoms with E-state index in [4.69, 9.17) is 0 Å². The SMILES string of the molecule is Cc1ccc(OC(=O)[C@](F)(OC(F)(F)[C@](F)(OC(F)(F)C(F)(F)C(F)(F)F)C(F)(F)F)C(F)(F)F)cc1C. The van der Waals surface area contributed by atoms with Gasteiger partial charge < -0.3 is 4.74 Å². The van der Waals surface area contributed by atoms with Crippen molar-refractivity contribution >= 4 is 5.97 Å². The number of alkyl halides is 17. The molecule has 0 N–H and O–H groups in total. The fourth-order valence-electron chi connectivity index (χ4n) is 2.10. The van der Waals surface area contributed by atoms with Crippen LogP contribution in [0.2, 0.25) is 0 Å². The Hall–Kier alpha value is -2.58. The first-order valence-corrected chi connectivity index (χ1v) is 8.88. The summed E-state index contributed by atoms with van der Waals surface area (Å²) in [5, 5.41) is 0. The minimum atomic E-state index is -8.08. The summed E-state index contributed by atoms with van der Waals surface area (Å²) in [5.74, 6) is -27.7. The molecule has 1 aromatic rings. The number of carbonyl (C=O) groups is 1. The summed E-state index contributed by atoms with van der Waals surface area (Å²) in [7, 11) is 0. The second-order valence-corrected chi connectivity index (χ2v) is 7.13. The van der Waals surface area contributed by atoms with Crippen LogP contribution in [0.3, 0.4) is 0 Å². The van der Waals surface area contributed by atoms with Crippen LogP contribution in [0.5, 0.6) is 5.75 Å². The minimum absolute atomic E-state index is 0.0686. The van der Waals surface area contributed by atoms with E-state index in [1.165, 1.54) is 18.6 Å². The van der Waals surface area contributed by atoms with E-state index in [-0.39, 0.29) is 5.56 Å². The number of hydrogen-bond acceptors (Lipinski definition) is 4. The zero-order chi connectivity index (χ0) is 30.6. The average molecular weight is 600 g/mol. The standard InChI is InChI=1S/C17H9F17O4/c1-6-3-4-8(5-7(6)2)36-9(35)10(18,13(22,23)24)37-17(33,34)12(21,15(28,29)30)38-16(31,32)11(19,20)14(25,26)27/h3-5H,1-2H3/t10-,12+/m0/s1. The Labute approximate surface area is 198 Å². The van der Waals surface area contributed by atoms with Gasteiger partial charge in [0.05, 0.1) is 0 Å². The van der Waals surface area contributed by atoms with E-state index < -0.39 is 60.1 Å². The molecular formula is C17H9F17O4. The van der Waals surface area contributed by atoms with Crippen molar-refractivity contribution < 1.29 is 93.6 Å². The molecule has 0 amide bonds. The molecule has 0 fully saturated rings. The van der Waals surface area contributed by atoms with Crippen molar-refractivity contribution in [3.05, 3.63) is 29.3 Å². The van der Waals surface area contributed by atoms with Gasteiger partial charge in [-0.2, -0.15) is 74.6 Å². The Balaban J connectivity index is 3.63. The Bertz CT molecular complexity index is 1030. The zero-order valence-electron chi connectivity index (χ0n) is 17.8. The lowest BCUT2D eigenvalue weighted by molar-refractivity contribution is -0.548. The molecule has 4 nitrogen and oxygen atoms in total. The van der Waals surface area contributed by atoms with Gasteiger partial charge in [-0.05, 0) is 37.1 Å². The summed E-state index contributed by atoms with van der Waals surface area (Å²) >= 11 is 0. The molecule has 1 aromatic carbocycles. The molecule has 0 unspecified atom stereocenters. The Morgan fingerprint density at radius 3 is 1.45 bits per heavy atom. The third-order valence-electron chi connectivity index (χ3n) is 4.31. The molecule has 2 atom stereocenters. The van der Waals surface area contributed by atoms with Crippen LogP contribution in [0.4, 0.5) is 74.6 Å². The van der Waals surface area contributed by atoms with Crippen molar-refractivity contribution in [3.8, 4) is 5.75 Å². The van der Waals surface area contributed by atoms with Crippen molar-refractivity contribution in [1.82, 2.24) is 0 Å². The maximum atomic E-state index is 14.4. The fourth-order valence-corrected chi connectivity index (χ4v) is 2.10. The van der Waals surface area contributed by atoms with E-state index in [2.05, 4.69) is 4.74 Å². The first kappa shape index (κ1) is 33.4. The Kier molecular flexibility index (Phi) is 8.41. The van der Waals surface area contributed by atoms with Gasteiger partial charge in [0.15, 0.2) is 0 Å². The zero-order valence-corrected chi connectivity index (χ0v) is 17.8. The van der Waals surface area contributed by atoms with Gasteiger partial charge in [0, 0.05) is 0 Å². The largest absolute Gasteiger partial charge is 0.462 e. The molecule has 0 aromatic heterocycles. The molecule has 0 aliphatic carbocycles. The smallest absolute Gasteiger partial charge is 0.422 e. The van der Waals surface area contributed by atoms with Gasteiger partial charge in [0.1, 0.15) is 5.75 Å². The lowest BCUT2D eigenvalue weighted by Crippen LogP contribution is -2.68. The van der Waals surface area contributed by atoms with Crippen molar-refractivity contribution in [2.45, 2.75) is 62.2 Å². The van der Waals surface area contributed by atoms with Crippen LogP contribution in [0.25, 0.3) is 0 Å². The summed E-state index contributed by atoms with van der Waals surface area (Å²) in [6.45, 7) is 2.55. The van der Waals surface area contributed by atoms with Crippen LogP contribution in [0.1, 0.15) is 11.1 Å². The number of benzene rings is 1. The predicted octanol–water partition coefficient (Wildman–Crippen LogP) is 7.08. The molecule has 0 spiro atoms. The molecule has 0 radical (unpaired) electrons. The average Bonchev–Trinajstić information content (AvgIpc) is 2.67. The van der Waals surface area contributed by atoms with Crippen molar-refractivity contribution in [2.24, 2.45) is 0 Å². The molecular weight excluding hydrogens is 591 g/mol. The van der Waals surface area contributed by atoms with Gasteiger partial charge in [0.25, 0.3) is 0 Å². The third kappa shape index (κ3) is 5.86. The summed E-state index contributed by atoms with van der Waals surface area (Å²) in [5.41, 5.74) is 0.398. The van der Waals surface area contributed by atoms with E-state index >= 15 is 0 Å². The Morgan fingerprint density at radius 2 is 1.08 bits per heavy atom. The lowest BCUT2D eigenvalue weighted by Gasteiger charge is -2.39. The number of halogens is 17. The van der Waals surface area contributed by atoms with Crippen molar-refractivity contribution in [3.63, 3.8) is 0 Å². The number of carbonyl (C=O) groups excluding carboxylic acids is 1. The molecule has 0 bridgehead atoms. The van der Waals surface area contributed by atoms with Crippen LogP contribution < -0.4 is 4.74 Å². The number of hydrogen-bond donors (Lipinski definition) is 0. The van der Waals surface area contributed by atoms with Gasteiger partial charge in [-0.3, -0.25) is 9.47 Å². The first-order chi connectivity index (χ1) is 16.5. The molecule has 0 aliphatic rings. The predicted molar refractivity (Wildman–Crippen MR) is 84.4 cm³/mol. The molecule has 21 heteroatoms. The van der Waals surface area contributed by atoms with Crippen molar-refractivity contribution in [1.29, 1.82) is 0 Å². The van der Waals surface area contributed by atoms with Crippen LogP contribution >= 0.6 is 0 Å². The van der Waals surface area contributed by atoms with Crippen LogP contribution in [-0.2, 0) is 14.3 Å². The highest BCUT2D eigenvalue weighted by atomic mass is 19.4. The van der Waals surface area contributed by atoms with E-state index in [0.29, 0.717) is 17.7 Å². The van der Waals surface area contributed by atoms with Gasteiger partial charge in [0.2, 0.25) is 0 Å². The van der Waals surface area contributed by atoms with Crippen molar-refractivity contribution in [2.75, 3.05) is 0 Å². The second kappa shape index (κ2) is 9.56. The third-order valence-corrected chi connectivity index (χ3v) is 4.31. The van der Waals surface area contributed by atoms with Gasteiger partial charge in [-0.15, -0.1) is 0 Å². The molecule has 0 saturated heterocycles. The molecule has 1 rings (SSSR count). The normalized spacial score (nSPS) is 17.6. The van der Waals surface area contributed by atoms with Gasteiger partial charge in [-0.1, -0.05) is 6.07 Å². The topological polar surface area (TPSA) is 44.8 Å². The monoisotopic (exact) mass is 600 g/mol. The van der Waals surface area contributed by atoms with E-state index in [9.17, 15) is 79.4 Å². The molecule has 0 saturated carbocycles. The minimum Gasteiger partial charge on any atom is -0.422 e. The van der Waals surface area contributed by atoms with E-state index in [1.807, 2.05) is 4.74 Å². The number of aryl methyl sites for hydroxylation is 2. The highest BCUT2D eigenvalue weighted by molar-refractivity contribution is 5.81. The lowest BCUT2D eigenvalue weighted by atomic mass is 10.1. The second-order valence-electron chi connectivity index (χ2n) is 7.13. The van der Waals surface area contributed by atoms with Crippen LogP contribution in [0.15, 0.2) is 18.2 Å². The van der Waals surface area contributed by atoms with E-state index in [0.717, 1.165) is 6.07 Å². The summed E-state index contributed by atoms with van der Waals surface area (Å²) in [6.07, 6.45) is -38.7. The molecule has 0 aliphatic heterocycles. The highest BCUT2D eigenvalue weighted by Gasteiger charge is 2.85.